The van der Waals surface area contributed by atoms with E-state index in [-0.39, 0.29) is 5.41 Å². The van der Waals surface area contributed by atoms with Gasteiger partial charge in [0, 0.05) is 55.8 Å². The maximum atomic E-state index is 6.54. The largest absolute Gasteiger partial charge is 0.372 e. The van der Waals surface area contributed by atoms with E-state index in [1.807, 2.05) is 19.2 Å². The van der Waals surface area contributed by atoms with Crippen molar-refractivity contribution in [2.45, 2.75) is 40.5 Å². The van der Waals surface area contributed by atoms with Gasteiger partial charge in [-0.25, -0.2) is 4.98 Å². The zero-order chi connectivity index (χ0) is 18.9. The number of hydrogen-bond donors (Lipinski definition) is 0. The van der Waals surface area contributed by atoms with Gasteiger partial charge in [-0.2, -0.15) is 10.2 Å². The van der Waals surface area contributed by atoms with Gasteiger partial charge in [-0.05, 0) is 24.8 Å². The molecule has 0 radical (unpaired) electrons. The second-order valence-electron chi connectivity index (χ2n) is 8.37. The van der Waals surface area contributed by atoms with Gasteiger partial charge < -0.3 is 9.80 Å². The number of rotatable bonds is 4. The van der Waals surface area contributed by atoms with Gasteiger partial charge in [0.15, 0.2) is 0 Å². The maximum absolute atomic E-state index is 6.54. The summed E-state index contributed by atoms with van der Waals surface area (Å²) in [7, 11) is 0. The number of allylic oxidation sites excluding steroid dienone is 1. The number of aromatic nitrogens is 1. The molecule has 0 aliphatic carbocycles. The van der Waals surface area contributed by atoms with Crippen LogP contribution in [-0.4, -0.2) is 47.5 Å². The number of piperazine rings is 1. The molecule has 0 amide bonds. The third-order valence-corrected chi connectivity index (χ3v) is 4.96. The fourth-order valence-corrected chi connectivity index (χ4v) is 3.68. The van der Waals surface area contributed by atoms with E-state index in [0.29, 0.717) is 5.02 Å². The van der Waals surface area contributed by atoms with Crippen molar-refractivity contribution in [1.29, 1.82) is 0 Å². The molecule has 0 saturated carbocycles. The van der Waals surface area contributed by atoms with Crippen molar-refractivity contribution in [2.75, 3.05) is 31.1 Å². The molecule has 1 aromatic heterocycles. The Bertz CT molecular complexity index is 752. The Labute approximate surface area is 161 Å². The molecule has 2 aliphatic rings. The third-order valence-electron chi connectivity index (χ3n) is 4.68. The van der Waals surface area contributed by atoms with Crippen LogP contribution in [0, 0.1) is 5.41 Å². The SMILES string of the molecule is C=C(CC(C)(C)C)N1CCN(c2ncc(C3=NN=C(C)C3)cc2Cl)CC1. The average Bonchev–Trinajstić information content (AvgIpc) is 3.00. The molecule has 0 atom stereocenters. The average molecular weight is 374 g/mol. The third kappa shape index (κ3) is 4.44. The van der Waals surface area contributed by atoms with Crippen LogP contribution in [0.2, 0.25) is 5.02 Å². The summed E-state index contributed by atoms with van der Waals surface area (Å²) < 4.78 is 0. The Morgan fingerprint density at radius 1 is 1.19 bits per heavy atom. The van der Waals surface area contributed by atoms with Crippen LogP contribution < -0.4 is 4.90 Å². The summed E-state index contributed by atoms with van der Waals surface area (Å²) in [5, 5.41) is 8.98. The Morgan fingerprint density at radius 2 is 1.88 bits per heavy atom. The van der Waals surface area contributed by atoms with Gasteiger partial charge in [0.1, 0.15) is 5.82 Å². The Kier molecular flexibility index (Phi) is 5.37. The van der Waals surface area contributed by atoms with E-state index in [9.17, 15) is 0 Å². The summed E-state index contributed by atoms with van der Waals surface area (Å²) in [4.78, 5) is 9.26. The summed E-state index contributed by atoms with van der Waals surface area (Å²) >= 11 is 6.54. The van der Waals surface area contributed by atoms with Crippen molar-refractivity contribution in [3.8, 4) is 0 Å². The minimum absolute atomic E-state index is 0.264. The van der Waals surface area contributed by atoms with Crippen LogP contribution in [0.3, 0.4) is 0 Å². The minimum atomic E-state index is 0.264. The second kappa shape index (κ2) is 7.39. The first-order valence-electron chi connectivity index (χ1n) is 9.16. The number of hydrogen-bond acceptors (Lipinski definition) is 5. The molecule has 0 bridgehead atoms. The van der Waals surface area contributed by atoms with Gasteiger partial charge in [0.25, 0.3) is 0 Å². The summed E-state index contributed by atoms with van der Waals surface area (Å²) in [6.07, 6.45) is 3.65. The van der Waals surface area contributed by atoms with Crippen LogP contribution in [-0.2, 0) is 0 Å². The summed E-state index contributed by atoms with van der Waals surface area (Å²) in [5.41, 5.74) is 4.40. The lowest BCUT2D eigenvalue weighted by Crippen LogP contribution is -2.46. The van der Waals surface area contributed by atoms with Crippen molar-refractivity contribution in [3.63, 3.8) is 0 Å². The van der Waals surface area contributed by atoms with Gasteiger partial charge in [-0.1, -0.05) is 39.0 Å². The van der Waals surface area contributed by atoms with Crippen LogP contribution in [0.1, 0.15) is 46.1 Å². The predicted octanol–water partition coefficient (Wildman–Crippen LogP) is 4.38. The lowest BCUT2D eigenvalue weighted by atomic mass is 9.90. The van der Waals surface area contributed by atoms with Crippen LogP contribution in [0.5, 0.6) is 0 Å². The van der Waals surface area contributed by atoms with Crippen molar-refractivity contribution in [3.05, 3.63) is 35.1 Å². The van der Waals surface area contributed by atoms with Gasteiger partial charge in [-0.3, -0.25) is 0 Å². The molecular weight excluding hydrogens is 346 g/mol. The highest BCUT2D eigenvalue weighted by Crippen LogP contribution is 2.29. The number of nitrogens with zero attached hydrogens (tertiary/aromatic N) is 5. The van der Waals surface area contributed by atoms with Crippen molar-refractivity contribution < 1.29 is 0 Å². The van der Waals surface area contributed by atoms with E-state index in [1.54, 1.807) is 0 Å². The van der Waals surface area contributed by atoms with Crippen LogP contribution in [0.4, 0.5) is 5.82 Å². The zero-order valence-corrected chi connectivity index (χ0v) is 17.0. The summed E-state index contributed by atoms with van der Waals surface area (Å²) in [5.74, 6) is 0.854. The number of anilines is 1. The maximum Gasteiger partial charge on any atom is 0.147 e. The Balaban J connectivity index is 1.62. The smallest absolute Gasteiger partial charge is 0.147 e. The molecule has 5 nitrogen and oxygen atoms in total. The van der Waals surface area contributed by atoms with E-state index in [2.05, 4.69) is 52.3 Å². The first-order valence-corrected chi connectivity index (χ1v) is 9.54. The molecule has 2 aliphatic heterocycles. The molecule has 1 aromatic rings. The molecule has 1 saturated heterocycles. The normalized spacial score (nSPS) is 18.0. The Morgan fingerprint density at radius 3 is 2.42 bits per heavy atom. The fraction of sp³-hybridized carbons (Fsp3) is 0.550. The van der Waals surface area contributed by atoms with E-state index in [0.717, 1.165) is 61.8 Å². The highest BCUT2D eigenvalue weighted by molar-refractivity contribution is 6.33. The molecule has 0 spiro atoms. The van der Waals surface area contributed by atoms with Crippen LogP contribution in [0.25, 0.3) is 0 Å². The molecule has 0 aromatic carbocycles. The van der Waals surface area contributed by atoms with Crippen molar-refractivity contribution in [1.82, 2.24) is 9.88 Å². The molecule has 0 unspecified atom stereocenters. The molecule has 140 valence electrons. The first-order chi connectivity index (χ1) is 12.2. The molecule has 0 N–H and O–H groups in total. The number of halogens is 1. The topological polar surface area (TPSA) is 44.1 Å². The quantitative estimate of drug-likeness (QED) is 0.786. The summed E-state index contributed by atoms with van der Waals surface area (Å²) in [6.45, 7) is 16.7. The lowest BCUT2D eigenvalue weighted by molar-refractivity contribution is 0.276. The Hall–Kier alpha value is -1.88. The monoisotopic (exact) mass is 373 g/mol. The van der Waals surface area contributed by atoms with Gasteiger partial charge >= 0.3 is 0 Å². The molecular formula is C20H28ClN5. The lowest BCUT2D eigenvalue weighted by Gasteiger charge is -2.39. The predicted molar refractivity (Wildman–Crippen MR) is 111 cm³/mol. The van der Waals surface area contributed by atoms with E-state index >= 15 is 0 Å². The van der Waals surface area contributed by atoms with Crippen molar-refractivity contribution >= 4 is 28.8 Å². The van der Waals surface area contributed by atoms with Gasteiger partial charge in [0.2, 0.25) is 0 Å². The number of pyridine rings is 1. The fourth-order valence-electron chi connectivity index (χ4n) is 3.40. The van der Waals surface area contributed by atoms with Crippen molar-refractivity contribution in [2.24, 2.45) is 15.6 Å². The molecule has 26 heavy (non-hydrogen) atoms. The first kappa shape index (κ1) is 18.9. The summed E-state index contributed by atoms with van der Waals surface area (Å²) in [6, 6.07) is 1.96. The van der Waals surface area contributed by atoms with Crippen LogP contribution >= 0.6 is 11.6 Å². The molecule has 3 rings (SSSR count). The molecule has 1 fully saturated rings. The highest BCUT2D eigenvalue weighted by Gasteiger charge is 2.23. The van der Waals surface area contributed by atoms with Gasteiger partial charge in [0.05, 0.1) is 10.7 Å². The highest BCUT2D eigenvalue weighted by atomic mass is 35.5. The minimum Gasteiger partial charge on any atom is -0.372 e. The van der Waals surface area contributed by atoms with Gasteiger partial charge in [-0.15, -0.1) is 0 Å². The van der Waals surface area contributed by atoms with E-state index in [1.165, 1.54) is 5.70 Å². The zero-order valence-electron chi connectivity index (χ0n) is 16.2. The molecule has 3 heterocycles. The standard InChI is InChI=1S/C20H28ClN5/c1-14-10-18(24-23-14)16-11-17(21)19(22-13-16)26-8-6-25(7-9-26)15(2)12-20(3,4)5/h11,13H,2,6-10,12H2,1,3-5H3. The van der Waals surface area contributed by atoms with E-state index in [4.69, 9.17) is 11.6 Å². The second-order valence-corrected chi connectivity index (χ2v) is 8.77. The molecule has 6 heteroatoms. The van der Waals surface area contributed by atoms with E-state index < -0.39 is 0 Å². The van der Waals surface area contributed by atoms with Crippen LogP contribution in [0.15, 0.2) is 34.7 Å².